The molecule has 9 heteroatoms. The first-order valence-electron chi connectivity index (χ1n) is 13.5. The Labute approximate surface area is 213 Å². The average Bonchev–Trinajstić information content (AvgIpc) is 3.29. The van der Waals surface area contributed by atoms with Crippen molar-refractivity contribution >= 4 is 23.8 Å². The summed E-state index contributed by atoms with van der Waals surface area (Å²) in [5.41, 5.74) is 0.0988. The largest absolute Gasteiger partial charge is 0.396 e. The van der Waals surface area contributed by atoms with Crippen molar-refractivity contribution in [3.63, 3.8) is 0 Å². The SMILES string of the molecule is CCC(=O)NC(C)(C)/C=C/n1ncc(C(=O)NC2C3CC4CC2CC(CO)(C4)C3)c1N1CCOCC1. The standard InChI is InChI=1S/C27H41N5O4/c1-4-22(34)30-26(2,3)5-6-32-25(31-7-9-36-10-8-31)21(16-28-32)24(35)29-23-19-11-18-12-20(23)15-27(13-18,14-19)17-33/h5-6,16,18-20,23,33H,4,7-15,17H2,1-3H3,(H,29,35)(H,30,34)/b6-5+. The van der Waals surface area contributed by atoms with E-state index in [1.165, 1.54) is 0 Å². The Morgan fingerprint density at radius 2 is 1.92 bits per heavy atom. The Bertz CT molecular complexity index is 996. The summed E-state index contributed by atoms with van der Waals surface area (Å²) in [4.78, 5) is 27.8. The monoisotopic (exact) mass is 499 g/mol. The molecule has 1 aromatic heterocycles. The zero-order valence-electron chi connectivity index (χ0n) is 21.8. The summed E-state index contributed by atoms with van der Waals surface area (Å²) in [7, 11) is 0. The van der Waals surface area contributed by atoms with Crippen LogP contribution in [0, 0.1) is 23.2 Å². The molecule has 0 radical (unpaired) electrons. The third-order valence-electron chi connectivity index (χ3n) is 8.77. The predicted molar refractivity (Wildman–Crippen MR) is 137 cm³/mol. The van der Waals surface area contributed by atoms with Gasteiger partial charge in [-0.2, -0.15) is 5.10 Å². The fourth-order valence-electron chi connectivity index (χ4n) is 7.31. The number of aliphatic hydroxyl groups is 1. The van der Waals surface area contributed by atoms with E-state index in [1.807, 2.05) is 33.0 Å². The van der Waals surface area contributed by atoms with Gasteiger partial charge in [0, 0.05) is 38.4 Å². The molecule has 3 N–H and O–H groups in total. The molecule has 2 atom stereocenters. The predicted octanol–water partition coefficient (Wildman–Crippen LogP) is 2.41. The van der Waals surface area contributed by atoms with Crippen LogP contribution in [0.4, 0.5) is 5.82 Å². The van der Waals surface area contributed by atoms with Crippen molar-refractivity contribution in [2.75, 3.05) is 37.8 Å². The Morgan fingerprint density at radius 3 is 2.56 bits per heavy atom. The second kappa shape index (κ2) is 9.82. The Hall–Kier alpha value is -2.39. The number of morpholine rings is 1. The molecule has 0 spiro atoms. The van der Waals surface area contributed by atoms with Crippen LogP contribution in [-0.4, -0.2) is 71.2 Å². The van der Waals surface area contributed by atoms with Gasteiger partial charge in [-0.1, -0.05) is 6.92 Å². The highest BCUT2D eigenvalue weighted by Gasteiger charge is 2.55. The number of nitrogens with one attached hydrogen (secondary N) is 2. The summed E-state index contributed by atoms with van der Waals surface area (Å²) in [6.07, 6.45) is 11.3. The maximum Gasteiger partial charge on any atom is 0.256 e. The van der Waals surface area contributed by atoms with Crippen LogP contribution in [0.3, 0.4) is 0 Å². The normalized spacial score (nSPS) is 31.7. The van der Waals surface area contributed by atoms with Gasteiger partial charge >= 0.3 is 0 Å². The molecule has 198 valence electrons. The smallest absolute Gasteiger partial charge is 0.256 e. The first kappa shape index (κ1) is 25.3. The second-order valence-electron chi connectivity index (χ2n) is 12.0. The molecule has 1 aliphatic heterocycles. The average molecular weight is 500 g/mol. The minimum Gasteiger partial charge on any atom is -0.396 e. The maximum absolute atomic E-state index is 13.7. The third-order valence-corrected chi connectivity index (χ3v) is 8.77. The molecule has 0 aromatic carbocycles. The number of ether oxygens (including phenoxy) is 1. The van der Waals surface area contributed by atoms with E-state index in [1.54, 1.807) is 10.9 Å². The molecule has 4 bridgehead atoms. The first-order valence-corrected chi connectivity index (χ1v) is 13.5. The summed E-state index contributed by atoms with van der Waals surface area (Å²) >= 11 is 0. The van der Waals surface area contributed by atoms with Crippen molar-refractivity contribution in [2.45, 2.75) is 70.9 Å². The quantitative estimate of drug-likeness (QED) is 0.507. The van der Waals surface area contributed by atoms with Crippen LogP contribution in [-0.2, 0) is 9.53 Å². The van der Waals surface area contributed by atoms with E-state index in [9.17, 15) is 14.7 Å². The number of amides is 2. The summed E-state index contributed by atoms with van der Waals surface area (Å²) in [6.45, 7) is 8.55. The van der Waals surface area contributed by atoms with Gasteiger partial charge in [0.1, 0.15) is 11.4 Å². The van der Waals surface area contributed by atoms with Gasteiger partial charge in [-0.25, -0.2) is 4.68 Å². The molecule has 4 saturated carbocycles. The summed E-state index contributed by atoms with van der Waals surface area (Å²) in [6, 6.07) is 0.161. The van der Waals surface area contributed by atoms with E-state index in [-0.39, 0.29) is 29.9 Å². The third kappa shape index (κ3) is 4.92. The fourth-order valence-corrected chi connectivity index (χ4v) is 7.31. The highest BCUT2D eigenvalue weighted by Crippen LogP contribution is 2.59. The molecular weight excluding hydrogens is 458 g/mol. The van der Waals surface area contributed by atoms with Crippen molar-refractivity contribution in [1.82, 2.24) is 20.4 Å². The Morgan fingerprint density at radius 1 is 1.22 bits per heavy atom. The zero-order chi connectivity index (χ0) is 25.5. The maximum atomic E-state index is 13.7. The number of aliphatic hydroxyl groups excluding tert-OH is 1. The van der Waals surface area contributed by atoms with Gasteiger partial charge in [-0.15, -0.1) is 0 Å². The molecule has 2 amide bonds. The van der Waals surface area contributed by atoms with Gasteiger partial charge in [0.2, 0.25) is 5.91 Å². The molecule has 36 heavy (non-hydrogen) atoms. The van der Waals surface area contributed by atoms with Crippen LogP contribution in [0.15, 0.2) is 12.3 Å². The lowest BCUT2D eigenvalue weighted by Crippen LogP contribution is -2.60. The van der Waals surface area contributed by atoms with Crippen LogP contribution in [0.1, 0.15) is 69.7 Å². The van der Waals surface area contributed by atoms with Crippen LogP contribution < -0.4 is 15.5 Å². The fraction of sp³-hybridized carbons (Fsp3) is 0.741. The summed E-state index contributed by atoms with van der Waals surface area (Å²) in [5, 5.41) is 21.1. The van der Waals surface area contributed by atoms with Gasteiger partial charge in [0.15, 0.2) is 0 Å². The van der Waals surface area contributed by atoms with Crippen molar-refractivity contribution in [1.29, 1.82) is 0 Å². The molecule has 1 aromatic rings. The second-order valence-corrected chi connectivity index (χ2v) is 12.0. The van der Waals surface area contributed by atoms with E-state index in [2.05, 4.69) is 20.6 Å². The number of aromatic nitrogens is 2. The Kier molecular flexibility index (Phi) is 6.89. The van der Waals surface area contributed by atoms with E-state index in [0.717, 1.165) is 37.9 Å². The van der Waals surface area contributed by atoms with E-state index in [4.69, 9.17) is 4.74 Å². The van der Waals surface area contributed by atoms with Crippen molar-refractivity contribution in [3.8, 4) is 0 Å². The molecular formula is C27H41N5O4. The molecule has 2 heterocycles. The highest BCUT2D eigenvalue weighted by molar-refractivity contribution is 5.99. The topological polar surface area (TPSA) is 109 Å². The lowest BCUT2D eigenvalue weighted by Gasteiger charge is -2.59. The number of nitrogens with zero attached hydrogens (tertiary/aromatic N) is 3. The van der Waals surface area contributed by atoms with Crippen LogP contribution in [0.25, 0.3) is 6.20 Å². The van der Waals surface area contributed by atoms with E-state index < -0.39 is 5.54 Å². The number of hydrogen-bond donors (Lipinski definition) is 3. The zero-order valence-corrected chi connectivity index (χ0v) is 21.8. The van der Waals surface area contributed by atoms with Crippen LogP contribution in [0.2, 0.25) is 0 Å². The lowest BCUT2D eigenvalue weighted by atomic mass is 9.48. The Balaban J connectivity index is 1.37. The lowest BCUT2D eigenvalue weighted by molar-refractivity contribution is -0.121. The van der Waals surface area contributed by atoms with Crippen molar-refractivity contribution in [3.05, 3.63) is 17.8 Å². The highest BCUT2D eigenvalue weighted by atomic mass is 16.5. The van der Waals surface area contributed by atoms with Crippen molar-refractivity contribution < 1.29 is 19.4 Å². The van der Waals surface area contributed by atoms with E-state index in [0.29, 0.717) is 56.0 Å². The van der Waals surface area contributed by atoms with Gasteiger partial charge in [0.05, 0.1) is 24.9 Å². The van der Waals surface area contributed by atoms with Gasteiger partial charge in [0.25, 0.3) is 5.91 Å². The molecule has 2 unspecified atom stereocenters. The summed E-state index contributed by atoms with van der Waals surface area (Å²) < 4.78 is 7.30. The number of anilines is 1. The minimum absolute atomic E-state index is 0.0165. The van der Waals surface area contributed by atoms with Crippen LogP contribution >= 0.6 is 0 Å². The molecule has 5 fully saturated rings. The first-order chi connectivity index (χ1) is 17.2. The van der Waals surface area contributed by atoms with Gasteiger partial charge in [-0.3, -0.25) is 9.59 Å². The molecule has 6 rings (SSSR count). The molecule has 5 aliphatic rings. The van der Waals surface area contributed by atoms with Gasteiger partial charge in [-0.05, 0) is 75.2 Å². The minimum atomic E-state index is -0.549. The van der Waals surface area contributed by atoms with Crippen LogP contribution in [0.5, 0.6) is 0 Å². The number of hydrogen-bond acceptors (Lipinski definition) is 6. The van der Waals surface area contributed by atoms with Gasteiger partial charge < -0.3 is 25.4 Å². The van der Waals surface area contributed by atoms with E-state index >= 15 is 0 Å². The molecule has 1 saturated heterocycles. The number of rotatable bonds is 8. The summed E-state index contributed by atoms with van der Waals surface area (Å²) in [5.74, 6) is 2.24. The molecule has 9 nitrogen and oxygen atoms in total. The van der Waals surface area contributed by atoms with Crippen molar-refractivity contribution in [2.24, 2.45) is 23.2 Å². The number of carbonyl (C=O) groups is 2. The number of carbonyl (C=O) groups excluding carboxylic acids is 2. The molecule has 4 aliphatic carbocycles.